The van der Waals surface area contributed by atoms with E-state index in [-0.39, 0.29) is 30.0 Å². The number of carbonyl (C=O) groups is 3. The first kappa shape index (κ1) is 27.0. The van der Waals surface area contributed by atoms with Crippen molar-refractivity contribution in [2.24, 2.45) is 0 Å². The van der Waals surface area contributed by atoms with Crippen LogP contribution in [0.4, 0.5) is 5.69 Å². The molecule has 2 aromatic rings. The largest absolute Gasteiger partial charge is 0.352 e. The zero-order valence-corrected chi connectivity index (χ0v) is 21.1. The molecule has 0 spiro atoms. The Morgan fingerprint density at radius 2 is 1.65 bits per heavy atom. The maximum Gasteiger partial charge on any atom is 0.244 e. The van der Waals surface area contributed by atoms with Gasteiger partial charge in [0.25, 0.3) is 0 Å². The summed E-state index contributed by atoms with van der Waals surface area (Å²) in [6.07, 6.45) is 1.74. The third kappa shape index (κ3) is 7.41. The number of nitrogens with zero attached hydrogens (tertiary/aromatic N) is 2. The Morgan fingerprint density at radius 3 is 2.21 bits per heavy atom. The van der Waals surface area contributed by atoms with Crippen LogP contribution >= 0.6 is 0 Å². The molecule has 0 saturated carbocycles. The Hall–Kier alpha value is -3.20. The van der Waals surface area contributed by atoms with Crippen LogP contribution in [0.25, 0.3) is 0 Å². The number of amides is 2. The second kappa shape index (κ2) is 11.8. The number of benzene rings is 2. The van der Waals surface area contributed by atoms with Gasteiger partial charge in [0.05, 0.1) is 11.9 Å². The summed E-state index contributed by atoms with van der Waals surface area (Å²) >= 11 is 0. The van der Waals surface area contributed by atoms with Crippen molar-refractivity contribution in [1.82, 2.24) is 10.2 Å². The molecule has 0 aromatic heterocycles. The fourth-order valence-electron chi connectivity index (χ4n) is 3.32. The number of Topliss-reactive ketones (excluding diaryl/α,β-unsaturated/α-hetero) is 1. The van der Waals surface area contributed by atoms with Crippen LogP contribution in [0, 0.1) is 0 Å². The minimum atomic E-state index is -3.86. The lowest BCUT2D eigenvalue weighted by molar-refractivity contribution is -0.139. The lowest BCUT2D eigenvalue weighted by atomic mass is 10.1. The van der Waals surface area contributed by atoms with Crippen molar-refractivity contribution in [3.63, 3.8) is 0 Å². The van der Waals surface area contributed by atoms with Crippen molar-refractivity contribution in [2.75, 3.05) is 17.1 Å². The number of ketones is 1. The summed E-state index contributed by atoms with van der Waals surface area (Å²) in [5.74, 6) is -1.07. The van der Waals surface area contributed by atoms with Gasteiger partial charge in [0, 0.05) is 18.2 Å². The van der Waals surface area contributed by atoms with E-state index in [2.05, 4.69) is 5.32 Å². The van der Waals surface area contributed by atoms with Crippen molar-refractivity contribution < 1.29 is 22.8 Å². The Bertz CT molecular complexity index is 1120. The summed E-state index contributed by atoms with van der Waals surface area (Å²) in [5.41, 5.74) is 1.35. The monoisotopic (exact) mass is 487 g/mol. The number of carbonyl (C=O) groups excluding carboxylic acids is 3. The van der Waals surface area contributed by atoms with Gasteiger partial charge in [0.15, 0.2) is 5.78 Å². The van der Waals surface area contributed by atoms with Crippen molar-refractivity contribution >= 4 is 33.3 Å². The van der Waals surface area contributed by atoms with E-state index in [4.69, 9.17) is 0 Å². The van der Waals surface area contributed by atoms with E-state index in [1.165, 1.54) is 24.0 Å². The number of hydrogen-bond acceptors (Lipinski definition) is 5. The Morgan fingerprint density at radius 1 is 1.00 bits per heavy atom. The maximum atomic E-state index is 13.5. The average Bonchev–Trinajstić information content (AvgIpc) is 2.80. The lowest BCUT2D eigenvalue weighted by Gasteiger charge is -2.32. The van der Waals surface area contributed by atoms with Gasteiger partial charge in [-0.05, 0) is 44.9 Å². The van der Waals surface area contributed by atoms with Gasteiger partial charge in [0.2, 0.25) is 21.8 Å². The second-order valence-electron chi connectivity index (χ2n) is 8.38. The van der Waals surface area contributed by atoms with Crippen LogP contribution in [0.15, 0.2) is 54.6 Å². The molecule has 1 N–H and O–H groups in total. The predicted molar refractivity (Wildman–Crippen MR) is 133 cm³/mol. The topological polar surface area (TPSA) is 104 Å². The highest BCUT2D eigenvalue weighted by Gasteiger charge is 2.30. The quantitative estimate of drug-likeness (QED) is 0.491. The summed E-state index contributed by atoms with van der Waals surface area (Å²) in [5, 5.41) is 2.88. The molecule has 0 bridgehead atoms. The van der Waals surface area contributed by atoms with Crippen molar-refractivity contribution in [2.45, 2.75) is 52.7 Å². The molecule has 2 rings (SSSR count). The molecular weight excluding hydrogens is 454 g/mol. The standard InChI is InChI=1S/C25H33N3O5S/c1-6-18(2)26-25(31)19(3)27(16-21-11-8-7-9-12-21)24(30)17-28(34(5,32)33)23-14-10-13-22(15-23)20(4)29/h7-15,18-19H,6,16-17H2,1-5H3,(H,26,31). The highest BCUT2D eigenvalue weighted by atomic mass is 32.2. The molecule has 34 heavy (non-hydrogen) atoms. The smallest absolute Gasteiger partial charge is 0.244 e. The summed E-state index contributed by atoms with van der Waals surface area (Å²) < 4.78 is 26.2. The highest BCUT2D eigenvalue weighted by Crippen LogP contribution is 2.21. The SMILES string of the molecule is CCC(C)NC(=O)C(C)N(Cc1ccccc1)C(=O)CN(c1cccc(C(C)=O)c1)S(C)(=O)=O. The van der Waals surface area contributed by atoms with Gasteiger partial charge < -0.3 is 10.2 Å². The first-order chi connectivity index (χ1) is 15.9. The normalized spacial score (nSPS) is 13.0. The van der Waals surface area contributed by atoms with Crippen molar-refractivity contribution in [3.8, 4) is 0 Å². The van der Waals surface area contributed by atoms with Crippen LogP contribution < -0.4 is 9.62 Å². The van der Waals surface area contributed by atoms with Gasteiger partial charge in [-0.2, -0.15) is 0 Å². The van der Waals surface area contributed by atoms with Gasteiger partial charge in [-0.15, -0.1) is 0 Å². The molecule has 0 aliphatic heterocycles. The summed E-state index contributed by atoms with van der Waals surface area (Å²) in [6, 6.07) is 14.4. The Labute approximate surface area is 202 Å². The molecule has 8 nitrogen and oxygen atoms in total. The minimum Gasteiger partial charge on any atom is -0.352 e. The van der Waals surface area contributed by atoms with Crippen LogP contribution in [0.2, 0.25) is 0 Å². The molecule has 9 heteroatoms. The summed E-state index contributed by atoms with van der Waals surface area (Å²) in [7, 11) is -3.86. The molecule has 0 aliphatic carbocycles. The fraction of sp³-hybridized carbons (Fsp3) is 0.400. The van der Waals surface area contributed by atoms with Crippen LogP contribution in [-0.2, 0) is 26.2 Å². The molecule has 0 aliphatic rings. The fourth-order valence-corrected chi connectivity index (χ4v) is 4.16. The van der Waals surface area contributed by atoms with Gasteiger partial charge in [-0.25, -0.2) is 8.42 Å². The van der Waals surface area contributed by atoms with Crippen LogP contribution in [0.1, 0.15) is 50.0 Å². The third-order valence-electron chi connectivity index (χ3n) is 5.58. The molecule has 0 heterocycles. The highest BCUT2D eigenvalue weighted by molar-refractivity contribution is 7.92. The van der Waals surface area contributed by atoms with Gasteiger partial charge in [0.1, 0.15) is 12.6 Å². The maximum absolute atomic E-state index is 13.5. The predicted octanol–water partition coefficient (Wildman–Crippen LogP) is 2.99. The third-order valence-corrected chi connectivity index (χ3v) is 6.72. The van der Waals surface area contributed by atoms with E-state index in [0.717, 1.165) is 22.5 Å². The zero-order valence-electron chi connectivity index (χ0n) is 20.3. The first-order valence-electron chi connectivity index (χ1n) is 11.2. The number of hydrogen-bond donors (Lipinski definition) is 1. The minimum absolute atomic E-state index is 0.0644. The van der Waals surface area contributed by atoms with Crippen molar-refractivity contribution in [3.05, 3.63) is 65.7 Å². The van der Waals surface area contributed by atoms with E-state index in [1.54, 1.807) is 19.1 Å². The second-order valence-corrected chi connectivity index (χ2v) is 10.3. The van der Waals surface area contributed by atoms with Crippen LogP contribution in [0.5, 0.6) is 0 Å². The first-order valence-corrected chi connectivity index (χ1v) is 13.0. The van der Waals surface area contributed by atoms with Gasteiger partial charge in [-0.3, -0.25) is 18.7 Å². The molecular formula is C25H33N3O5S. The van der Waals surface area contributed by atoms with Crippen LogP contribution in [-0.4, -0.2) is 55.8 Å². The number of nitrogens with one attached hydrogen (secondary N) is 1. The molecule has 184 valence electrons. The number of rotatable bonds is 11. The zero-order chi connectivity index (χ0) is 25.5. The molecule has 0 saturated heterocycles. The molecule has 2 atom stereocenters. The number of sulfonamides is 1. The molecule has 2 unspecified atom stereocenters. The average molecular weight is 488 g/mol. The lowest BCUT2D eigenvalue weighted by Crippen LogP contribution is -2.52. The Balaban J connectivity index is 2.40. The van der Waals surface area contributed by atoms with Gasteiger partial charge >= 0.3 is 0 Å². The van der Waals surface area contributed by atoms with E-state index < -0.39 is 28.5 Å². The van der Waals surface area contributed by atoms with E-state index >= 15 is 0 Å². The molecule has 2 aromatic carbocycles. The van der Waals surface area contributed by atoms with Crippen molar-refractivity contribution in [1.29, 1.82) is 0 Å². The Kier molecular flexibility index (Phi) is 9.37. The molecule has 2 amide bonds. The van der Waals surface area contributed by atoms with Gasteiger partial charge in [-0.1, -0.05) is 49.4 Å². The summed E-state index contributed by atoms with van der Waals surface area (Å²) in [4.78, 5) is 39.5. The molecule has 0 radical (unpaired) electrons. The van der Waals surface area contributed by atoms with E-state index in [9.17, 15) is 22.8 Å². The van der Waals surface area contributed by atoms with E-state index in [0.29, 0.717) is 5.56 Å². The summed E-state index contributed by atoms with van der Waals surface area (Å²) in [6.45, 7) is 6.46. The molecule has 0 fully saturated rings. The van der Waals surface area contributed by atoms with Crippen LogP contribution in [0.3, 0.4) is 0 Å². The number of anilines is 1. The van der Waals surface area contributed by atoms with E-state index in [1.807, 2.05) is 44.2 Å².